The van der Waals surface area contributed by atoms with E-state index in [1.54, 1.807) is 12.4 Å². The summed E-state index contributed by atoms with van der Waals surface area (Å²) in [6.45, 7) is 0.487. The van der Waals surface area contributed by atoms with E-state index in [4.69, 9.17) is 23.2 Å². The summed E-state index contributed by atoms with van der Waals surface area (Å²) in [7, 11) is 0. The van der Waals surface area contributed by atoms with Crippen LogP contribution >= 0.6 is 23.2 Å². The SMILES string of the molecule is O=C(NCCc1ncc[nH]1)c1cc(Cl)c(Cl)[nH]1. The van der Waals surface area contributed by atoms with E-state index < -0.39 is 0 Å². The van der Waals surface area contributed by atoms with Crippen molar-refractivity contribution >= 4 is 29.1 Å². The smallest absolute Gasteiger partial charge is 0.267 e. The van der Waals surface area contributed by atoms with Crippen LogP contribution in [0.25, 0.3) is 0 Å². The standard InChI is InChI=1S/C10H10Cl2N4O/c11-6-5-7(16-9(6)12)10(17)15-2-1-8-13-3-4-14-8/h3-5,16H,1-2H2,(H,13,14)(H,15,17). The number of rotatable bonds is 4. The number of aromatic nitrogens is 3. The topological polar surface area (TPSA) is 73.6 Å². The van der Waals surface area contributed by atoms with Gasteiger partial charge < -0.3 is 15.3 Å². The number of H-pyrrole nitrogens is 2. The third-order valence-corrected chi connectivity index (χ3v) is 2.86. The average Bonchev–Trinajstić information content (AvgIpc) is 2.90. The van der Waals surface area contributed by atoms with Gasteiger partial charge in [-0.3, -0.25) is 4.79 Å². The van der Waals surface area contributed by atoms with Crippen LogP contribution in [0.3, 0.4) is 0 Å². The molecular weight excluding hydrogens is 263 g/mol. The predicted octanol–water partition coefficient (Wildman–Crippen LogP) is 2.02. The van der Waals surface area contributed by atoms with Gasteiger partial charge in [-0.1, -0.05) is 23.2 Å². The van der Waals surface area contributed by atoms with E-state index in [2.05, 4.69) is 20.3 Å². The number of imidazole rings is 1. The van der Waals surface area contributed by atoms with Gasteiger partial charge in [-0.05, 0) is 6.07 Å². The number of hydrogen-bond donors (Lipinski definition) is 3. The molecule has 0 aromatic carbocycles. The second-order valence-corrected chi connectivity index (χ2v) is 4.17. The quantitative estimate of drug-likeness (QED) is 0.797. The molecular formula is C10H10Cl2N4O. The molecule has 0 atom stereocenters. The fourth-order valence-electron chi connectivity index (χ4n) is 1.35. The van der Waals surface area contributed by atoms with Gasteiger partial charge in [0.2, 0.25) is 0 Å². The number of amides is 1. The fourth-order valence-corrected chi connectivity index (χ4v) is 1.66. The highest BCUT2D eigenvalue weighted by molar-refractivity contribution is 6.41. The second-order valence-electron chi connectivity index (χ2n) is 3.39. The molecule has 0 saturated carbocycles. The van der Waals surface area contributed by atoms with Gasteiger partial charge in [-0.25, -0.2) is 4.98 Å². The van der Waals surface area contributed by atoms with Crippen molar-refractivity contribution in [3.63, 3.8) is 0 Å². The predicted molar refractivity (Wildman–Crippen MR) is 65.4 cm³/mol. The second kappa shape index (κ2) is 5.25. The molecule has 2 rings (SSSR count). The van der Waals surface area contributed by atoms with Crippen molar-refractivity contribution in [2.24, 2.45) is 0 Å². The molecule has 90 valence electrons. The van der Waals surface area contributed by atoms with Crippen LogP contribution in [-0.2, 0) is 6.42 Å². The Bertz CT molecular complexity index is 487. The van der Waals surface area contributed by atoms with Crippen LogP contribution in [-0.4, -0.2) is 27.4 Å². The molecule has 0 bridgehead atoms. The minimum absolute atomic E-state index is 0.245. The van der Waals surface area contributed by atoms with Gasteiger partial charge in [0.25, 0.3) is 5.91 Å². The third-order valence-electron chi connectivity index (χ3n) is 2.17. The number of halogens is 2. The summed E-state index contributed by atoms with van der Waals surface area (Å²) in [5.74, 6) is 0.582. The molecule has 0 fully saturated rings. The lowest BCUT2D eigenvalue weighted by Gasteiger charge is -2.01. The van der Waals surface area contributed by atoms with E-state index >= 15 is 0 Å². The van der Waals surface area contributed by atoms with E-state index in [0.29, 0.717) is 23.7 Å². The minimum Gasteiger partial charge on any atom is -0.350 e. The largest absolute Gasteiger partial charge is 0.350 e. The van der Waals surface area contributed by atoms with Crippen molar-refractivity contribution in [1.82, 2.24) is 20.3 Å². The van der Waals surface area contributed by atoms with Crippen molar-refractivity contribution < 1.29 is 4.79 Å². The van der Waals surface area contributed by atoms with Gasteiger partial charge in [0.05, 0.1) is 5.02 Å². The lowest BCUT2D eigenvalue weighted by Crippen LogP contribution is -2.26. The highest BCUT2D eigenvalue weighted by Crippen LogP contribution is 2.21. The molecule has 0 radical (unpaired) electrons. The third kappa shape index (κ3) is 3.01. The molecule has 0 unspecified atom stereocenters. The number of nitrogens with zero attached hydrogens (tertiary/aromatic N) is 1. The van der Waals surface area contributed by atoms with Crippen molar-refractivity contribution in [2.75, 3.05) is 6.54 Å². The molecule has 17 heavy (non-hydrogen) atoms. The Balaban J connectivity index is 1.85. The van der Waals surface area contributed by atoms with Crippen LogP contribution in [0.15, 0.2) is 18.5 Å². The molecule has 1 amide bonds. The van der Waals surface area contributed by atoms with Crippen LogP contribution in [0.5, 0.6) is 0 Å². The molecule has 0 aliphatic rings. The van der Waals surface area contributed by atoms with Crippen LogP contribution in [0.2, 0.25) is 10.2 Å². The lowest BCUT2D eigenvalue weighted by molar-refractivity contribution is 0.0949. The molecule has 5 nitrogen and oxygen atoms in total. The fraction of sp³-hybridized carbons (Fsp3) is 0.200. The van der Waals surface area contributed by atoms with Crippen molar-refractivity contribution in [1.29, 1.82) is 0 Å². The maximum atomic E-state index is 11.6. The highest BCUT2D eigenvalue weighted by Gasteiger charge is 2.10. The van der Waals surface area contributed by atoms with Gasteiger partial charge in [0, 0.05) is 25.4 Å². The molecule has 2 aromatic heterocycles. The van der Waals surface area contributed by atoms with Crippen LogP contribution in [0, 0.1) is 0 Å². The molecule has 2 aromatic rings. The first kappa shape index (κ1) is 12.0. The number of carbonyl (C=O) groups is 1. The first-order valence-corrected chi connectivity index (χ1v) is 5.73. The monoisotopic (exact) mass is 272 g/mol. The van der Waals surface area contributed by atoms with Gasteiger partial charge in [0.15, 0.2) is 0 Å². The van der Waals surface area contributed by atoms with E-state index in [1.165, 1.54) is 6.07 Å². The van der Waals surface area contributed by atoms with E-state index in [1.807, 2.05) is 0 Å². The van der Waals surface area contributed by atoms with Gasteiger partial charge in [0.1, 0.15) is 16.7 Å². The van der Waals surface area contributed by atoms with E-state index in [-0.39, 0.29) is 11.1 Å². The molecule has 0 saturated heterocycles. The summed E-state index contributed by atoms with van der Waals surface area (Å²) < 4.78 is 0. The normalized spacial score (nSPS) is 10.5. The summed E-state index contributed by atoms with van der Waals surface area (Å²) >= 11 is 11.4. The van der Waals surface area contributed by atoms with Gasteiger partial charge in [-0.15, -0.1) is 0 Å². The first-order chi connectivity index (χ1) is 8.16. The zero-order valence-corrected chi connectivity index (χ0v) is 10.3. The summed E-state index contributed by atoms with van der Waals surface area (Å²) in [6.07, 6.45) is 4.05. The number of hydrogen-bond acceptors (Lipinski definition) is 2. The highest BCUT2D eigenvalue weighted by atomic mass is 35.5. The zero-order chi connectivity index (χ0) is 12.3. The average molecular weight is 273 g/mol. The maximum Gasteiger partial charge on any atom is 0.267 e. The van der Waals surface area contributed by atoms with E-state index in [9.17, 15) is 4.79 Å². The Kier molecular flexibility index (Phi) is 3.71. The Morgan fingerprint density at radius 3 is 2.88 bits per heavy atom. The Morgan fingerprint density at radius 1 is 1.47 bits per heavy atom. The van der Waals surface area contributed by atoms with Gasteiger partial charge >= 0.3 is 0 Å². The number of aromatic amines is 2. The minimum atomic E-state index is -0.245. The molecule has 2 heterocycles. The Labute approximate surface area is 108 Å². The molecule has 0 aliphatic carbocycles. The summed E-state index contributed by atoms with van der Waals surface area (Å²) in [4.78, 5) is 21.3. The van der Waals surface area contributed by atoms with Crippen molar-refractivity contribution in [3.05, 3.63) is 40.2 Å². The summed E-state index contributed by atoms with van der Waals surface area (Å²) in [5.41, 5.74) is 0.347. The first-order valence-electron chi connectivity index (χ1n) is 4.97. The lowest BCUT2D eigenvalue weighted by atomic mass is 10.3. The Morgan fingerprint density at radius 2 is 2.29 bits per heavy atom. The van der Waals surface area contributed by atoms with Crippen LogP contribution in [0.1, 0.15) is 16.3 Å². The zero-order valence-electron chi connectivity index (χ0n) is 8.76. The van der Waals surface area contributed by atoms with Crippen LogP contribution < -0.4 is 5.32 Å². The summed E-state index contributed by atoms with van der Waals surface area (Å²) in [6, 6.07) is 1.49. The molecule has 0 aliphatic heterocycles. The van der Waals surface area contributed by atoms with E-state index in [0.717, 1.165) is 5.82 Å². The Hall–Kier alpha value is -1.46. The van der Waals surface area contributed by atoms with Crippen molar-refractivity contribution in [2.45, 2.75) is 6.42 Å². The molecule has 7 heteroatoms. The maximum absolute atomic E-state index is 11.6. The molecule has 3 N–H and O–H groups in total. The van der Waals surface area contributed by atoms with Crippen LogP contribution in [0.4, 0.5) is 0 Å². The molecule has 0 spiro atoms. The van der Waals surface area contributed by atoms with Crippen molar-refractivity contribution in [3.8, 4) is 0 Å². The number of carbonyl (C=O) groups excluding carboxylic acids is 1. The number of nitrogens with one attached hydrogen (secondary N) is 3. The summed E-state index contributed by atoms with van der Waals surface area (Å²) in [5, 5.41) is 3.33. The van der Waals surface area contributed by atoms with Gasteiger partial charge in [-0.2, -0.15) is 0 Å².